The lowest BCUT2D eigenvalue weighted by Gasteiger charge is -2.13. The largest absolute Gasteiger partial charge is 0.351 e. The quantitative estimate of drug-likeness (QED) is 0.894. The summed E-state index contributed by atoms with van der Waals surface area (Å²) in [6.07, 6.45) is 0. The first-order valence-electron chi connectivity index (χ1n) is 6.36. The minimum Gasteiger partial charge on any atom is -0.351 e. The summed E-state index contributed by atoms with van der Waals surface area (Å²) in [4.78, 5) is 11.9. The van der Waals surface area contributed by atoms with Crippen LogP contribution < -0.4 is 5.32 Å². The number of nitrogens with one attached hydrogen (secondary N) is 1. The van der Waals surface area contributed by atoms with Gasteiger partial charge >= 0.3 is 0 Å². The number of rotatable bonds is 4. The van der Waals surface area contributed by atoms with Crippen molar-refractivity contribution in [2.75, 3.05) is 6.54 Å². The smallest absolute Gasteiger partial charge is 0.254 e. The van der Waals surface area contributed by atoms with Crippen LogP contribution in [-0.4, -0.2) is 12.5 Å². The van der Waals surface area contributed by atoms with Crippen LogP contribution >= 0.6 is 15.9 Å². The molecular weight excluding hydrogens is 321 g/mol. The van der Waals surface area contributed by atoms with Crippen molar-refractivity contribution in [2.24, 2.45) is 0 Å². The van der Waals surface area contributed by atoms with E-state index in [1.165, 1.54) is 12.1 Å². The monoisotopic (exact) mass is 335 g/mol. The van der Waals surface area contributed by atoms with Gasteiger partial charge in [0.2, 0.25) is 0 Å². The van der Waals surface area contributed by atoms with Crippen LogP contribution in [0.2, 0.25) is 0 Å². The van der Waals surface area contributed by atoms with Gasteiger partial charge in [-0.2, -0.15) is 0 Å². The molecule has 0 saturated carbocycles. The van der Waals surface area contributed by atoms with Crippen molar-refractivity contribution in [3.05, 3.63) is 69.9 Å². The number of carbonyl (C=O) groups excluding carboxylic acids is 1. The molecule has 0 heterocycles. The van der Waals surface area contributed by atoms with Crippen LogP contribution in [0.15, 0.2) is 53.0 Å². The van der Waals surface area contributed by atoms with Gasteiger partial charge in [0.15, 0.2) is 0 Å². The van der Waals surface area contributed by atoms with Crippen LogP contribution in [0.25, 0.3) is 0 Å². The van der Waals surface area contributed by atoms with E-state index in [1.54, 1.807) is 6.07 Å². The fourth-order valence-electron chi connectivity index (χ4n) is 1.91. The van der Waals surface area contributed by atoms with Crippen molar-refractivity contribution in [2.45, 2.75) is 12.8 Å². The lowest BCUT2D eigenvalue weighted by Crippen LogP contribution is -2.28. The molecule has 1 N–H and O–H groups in total. The lowest BCUT2D eigenvalue weighted by atomic mass is 10.0. The summed E-state index contributed by atoms with van der Waals surface area (Å²) in [6.45, 7) is 2.49. The van der Waals surface area contributed by atoms with E-state index in [9.17, 15) is 9.18 Å². The molecule has 0 aromatic heterocycles. The Morgan fingerprint density at radius 3 is 2.60 bits per heavy atom. The fourth-order valence-corrected chi connectivity index (χ4v) is 2.25. The molecule has 1 unspecified atom stereocenters. The number of hydrogen-bond donors (Lipinski definition) is 1. The van der Waals surface area contributed by atoms with E-state index in [0.29, 0.717) is 11.0 Å². The van der Waals surface area contributed by atoms with Crippen molar-refractivity contribution in [1.82, 2.24) is 5.32 Å². The van der Waals surface area contributed by atoms with Gasteiger partial charge in [0, 0.05) is 11.0 Å². The summed E-state index contributed by atoms with van der Waals surface area (Å²) in [6, 6.07) is 14.3. The Kier molecular flexibility index (Phi) is 4.90. The Morgan fingerprint density at radius 1 is 1.25 bits per heavy atom. The van der Waals surface area contributed by atoms with E-state index >= 15 is 0 Å². The SMILES string of the molecule is CC(CNC(=O)c1ccc(Br)cc1F)c1ccccc1. The lowest BCUT2D eigenvalue weighted by molar-refractivity contribution is 0.0947. The molecule has 1 amide bonds. The summed E-state index contributed by atoms with van der Waals surface area (Å²) in [5.74, 6) is -0.735. The zero-order valence-electron chi connectivity index (χ0n) is 11.1. The zero-order valence-corrected chi connectivity index (χ0v) is 12.7. The van der Waals surface area contributed by atoms with Gasteiger partial charge in [-0.1, -0.05) is 53.2 Å². The maximum absolute atomic E-state index is 13.7. The van der Waals surface area contributed by atoms with Crippen molar-refractivity contribution in [1.29, 1.82) is 0 Å². The van der Waals surface area contributed by atoms with E-state index in [-0.39, 0.29) is 11.5 Å². The molecule has 2 rings (SSSR count). The highest BCUT2D eigenvalue weighted by molar-refractivity contribution is 9.10. The third kappa shape index (κ3) is 3.67. The molecular formula is C16H15BrFNO. The van der Waals surface area contributed by atoms with Crippen LogP contribution in [-0.2, 0) is 0 Å². The highest BCUT2D eigenvalue weighted by Gasteiger charge is 2.13. The minimum atomic E-state index is -0.524. The summed E-state index contributed by atoms with van der Waals surface area (Å²) in [7, 11) is 0. The number of hydrogen-bond acceptors (Lipinski definition) is 1. The Bertz CT molecular complexity index is 601. The predicted molar refractivity (Wildman–Crippen MR) is 81.3 cm³/mol. The standard InChI is InChI=1S/C16H15BrFNO/c1-11(12-5-3-2-4-6-12)10-19-16(20)14-8-7-13(17)9-15(14)18/h2-9,11H,10H2,1H3,(H,19,20). The highest BCUT2D eigenvalue weighted by Crippen LogP contribution is 2.16. The second-order valence-electron chi connectivity index (χ2n) is 4.65. The number of amides is 1. The molecule has 2 aromatic rings. The zero-order chi connectivity index (χ0) is 14.5. The van der Waals surface area contributed by atoms with E-state index in [2.05, 4.69) is 21.2 Å². The molecule has 1 atom stereocenters. The molecule has 0 spiro atoms. The Labute approximate surface area is 126 Å². The van der Waals surface area contributed by atoms with Gasteiger partial charge in [0.05, 0.1) is 5.56 Å². The van der Waals surface area contributed by atoms with Crippen LogP contribution in [0.5, 0.6) is 0 Å². The molecule has 20 heavy (non-hydrogen) atoms. The van der Waals surface area contributed by atoms with E-state index in [1.807, 2.05) is 37.3 Å². The van der Waals surface area contributed by atoms with Gasteiger partial charge in [-0.3, -0.25) is 4.79 Å². The van der Waals surface area contributed by atoms with Crippen LogP contribution in [0, 0.1) is 5.82 Å². The van der Waals surface area contributed by atoms with Crippen LogP contribution in [0.1, 0.15) is 28.8 Å². The van der Waals surface area contributed by atoms with Crippen molar-refractivity contribution in [3.8, 4) is 0 Å². The van der Waals surface area contributed by atoms with Crippen LogP contribution in [0.4, 0.5) is 4.39 Å². The molecule has 4 heteroatoms. The Morgan fingerprint density at radius 2 is 1.95 bits per heavy atom. The molecule has 0 aliphatic carbocycles. The number of halogens is 2. The van der Waals surface area contributed by atoms with Crippen LogP contribution in [0.3, 0.4) is 0 Å². The third-order valence-corrected chi connectivity index (χ3v) is 3.61. The molecule has 0 fully saturated rings. The fraction of sp³-hybridized carbons (Fsp3) is 0.188. The van der Waals surface area contributed by atoms with E-state index in [0.717, 1.165) is 5.56 Å². The van der Waals surface area contributed by atoms with Gasteiger partial charge in [0.1, 0.15) is 5.82 Å². The first-order chi connectivity index (χ1) is 9.58. The van der Waals surface area contributed by atoms with E-state index in [4.69, 9.17) is 0 Å². The summed E-state index contributed by atoms with van der Waals surface area (Å²) in [5.41, 5.74) is 1.21. The first-order valence-corrected chi connectivity index (χ1v) is 7.15. The summed E-state index contributed by atoms with van der Waals surface area (Å²) < 4.78 is 14.3. The molecule has 2 aromatic carbocycles. The molecule has 0 aliphatic heterocycles. The van der Waals surface area contributed by atoms with Crippen molar-refractivity contribution >= 4 is 21.8 Å². The Hall–Kier alpha value is -1.68. The maximum atomic E-state index is 13.7. The van der Waals surface area contributed by atoms with E-state index < -0.39 is 11.7 Å². The average Bonchev–Trinajstić information content (AvgIpc) is 2.45. The van der Waals surface area contributed by atoms with Gasteiger partial charge in [-0.25, -0.2) is 4.39 Å². The van der Waals surface area contributed by atoms with Crippen molar-refractivity contribution < 1.29 is 9.18 Å². The second kappa shape index (κ2) is 6.66. The molecule has 2 nitrogen and oxygen atoms in total. The first kappa shape index (κ1) is 14.7. The topological polar surface area (TPSA) is 29.1 Å². The number of benzene rings is 2. The highest BCUT2D eigenvalue weighted by atomic mass is 79.9. The summed E-state index contributed by atoms with van der Waals surface area (Å²) >= 11 is 3.17. The molecule has 0 saturated heterocycles. The molecule has 0 aliphatic rings. The molecule has 104 valence electrons. The number of carbonyl (C=O) groups is 1. The average molecular weight is 336 g/mol. The summed E-state index contributed by atoms with van der Waals surface area (Å²) in [5, 5.41) is 2.76. The third-order valence-electron chi connectivity index (χ3n) is 3.11. The minimum absolute atomic E-state index is 0.0634. The van der Waals surface area contributed by atoms with Gasteiger partial charge in [0.25, 0.3) is 5.91 Å². The van der Waals surface area contributed by atoms with Gasteiger partial charge in [-0.15, -0.1) is 0 Å². The maximum Gasteiger partial charge on any atom is 0.254 e. The van der Waals surface area contributed by atoms with Crippen molar-refractivity contribution in [3.63, 3.8) is 0 Å². The second-order valence-corrected chi connectivity index (χ2v) is 5.56. The van der Waals surface area contributed by atoms with Gasteiger partial charge < -0.3 is 5.32 Å². The Balaban J connectivity index is 1.99. The molecule has 0 bridgehead atoms. The molecule has 0 radical (unpaired) electrons. The normalized spacial score (nSPS) is 11.9. The van der Waals surface area contributed by atoms with Gasteiger partial charge in [-0.05, 0) is 29.7 Å². The predicted octanol–water partition coefficient (Wildman–Crippen LogP) is 4.12.